The number of hydrogen-bond acceptors (Lipinski definition) is 2. The maximum Gasteiger partial charge on any atom is 0.133 e. The summed E-state index contributed by atoms with van der Waals surface area (Å²) < 4.78 is 0. The molecule has 28 heavy (non-hydrogen) atoms. The van der Waals surface area contributed by atoms with Gasteiger partial charge in [-0.2, -0.15) is 0 Å². The zero-order chi connectivity index (χ0) is 21.7. The molecule has 0 saturated carbocycles. The Labute approximate surface area is 181 Å². The Morgan fingerprint density at radius 1 is 1.07 bits per heavy atom. The van der Waals surface area contributed by atoms with Gasteiger partial charge < -0.3 is 0 Å². The summed E-state index contributed by atoms with van der Waals surface area (Å²) in [6.45, 7) is 17.1. The van der Waals surface area contributed by atoms with E-state index < -0.39 is 0 Å². The van der Waals surface area contributed by atoms with Crippen molar-refractivity contribution in [2.24, 2.45) is 9.98 Å². The molecule has 0 radical (unpaired) electrons. The maximum absolute atomic E-state index is 6.54. The van der Waals surface area contributed by atoms with Gasteiger partial charge in [0, 0.05) is 16.8 Å². The molecule has 0 amide bonds. The number of aliphatic imine (C=N–C) groups is 2. The van der Waals surface area contributed by atoms with Crippen molar-refractivity contribution < 1.29 is 0 Å². The van der Waals surface area contributed by atoms with Crippen molar-refractivity contribution in [2.75, 3.05) is 0 Å². The van der Waals surface area contributed by atoms with Crippen LogP contribution in [0, 0.1) is 6.92 Å². The van der Waals surface area contributed by atoms with Gasteiger partial charge in [-0.25, -0.2) is 0 Å². The lowest BCUT2D eigenvalue weighted by Gasteiger charge is -2.13. The molecule has 0 fully saturated rings. The molecule has 0 bridgehead atoms. The molecule has 0 aromatic heterocycles. The van der Waals surface area contributed by atoms with Crippen molar-refractivity contribution in [3.63, 3.8) is 0 Å². The molecule has 4 heteroatoms. The van der Waals surface area contributed by atoms with E-state index in [4.69, 9.17) is 23.2 Å². The van der Waals surface area contributed by atoms with E-state index in [9.17, 15) is 0 Å². The molecule has 1 aromatic carbocycles. The molecule has 0 N–H and O–H groups in total. The molecule has 0 aliphatic rings. The Kier molecular flexibility index (Phi) is 13.2. The summed E-state index contributed by atoms with van der Waals surface area (Å²) in [7, 11) is 0. The fourth-order valence-electron chi connectivity index (χ4n) is 2.34. The van der Waals surface area contributed by atoms with Crippen LogP contribution in [0.3, 0.4) is 0 Å². The number of benzene rings is 1. The largest absolute Gasteiger partial charge is 0.263 e. The lowest BCUT2D eigenvalue weighted by Crippen LogP contribution is -2.07. The Morgan fingerprint density at radius 2 is 1.61 bits per heavy atom. The molecule has 0 heterocycles. The van der Waals surface area contributed by atoms with Gasteiger partial charge in [-0.15, -0.1) is 6.58 Å². The van der Waals surface area contributed by atoms with Gasteiger partial charge in [-0.3, -0.25) is 9.98 Å². The van der Waals surface area contributed by atoms with Crippen molar-refractivity contribution in [3.05, 3.63) is 76.5 Å². The molecule has 1 aromatic rings. The van der Waals surface area contributed by atoms with Gasteiger partial charge in [0.15, 0.2) is 0 Å². The van der Waals surface area contributed by atoms with Crippen LogP contribution >= 0.6 is 23.2 Å². The Balaban J connectivity index is 0.00000227. The lowest BCUT2D eigenvalue weighted by atomic mass is 10.0. The summed E-state index contributed by atoms with van der Waals surface area (Å²) in [6, 6.07) is 7.91. The first-order valence-corrected chi connectivity index (χ1v) is 10.0. The molecule has 1 atom stereocenters. The van der Waals surface area contributed by atoms with E-state index in [0.717, 1.165) is 22.4 Å². The van der Waals surface area contributed by atoms with E-state index >= 15 is 0 Å². The van der Waals surface area contributed by atoms with E-state index in [0.29, 0.717) is 10.2 Å². The Hall–Kier alpha value is -1.90. The van der Waals surface area contributed by atoms with E-state index in [-0.39, 0.29) is 6.04 Å². The second-order valence-electron chi connectivity index (χ2n) is 6.47. The van der Waals surface area contributed by atoms with Crippen molar-refractivity contribution in [1.82, 2.24) is 0 Å². The number of nitrogens with zero attached hydrogens (tertiary/aromatic N) is 2. The van der Waals surface area contributed by atoms with Crippen LogP contribution in [-0.4, -0.2) is 17.4 Å². The molecule has 0 spiro atoms. The van der Waals surface area contributed by atoms with Crippen LogP contribution in [0.15, 0.2) is 75.4 Å². The van der Waals surface area contributed by atoms with Gasteiger partial charge in [0.25, 0.3) is 0 Å². The summed E-state index contributed by atoms with van der Waals surface area (Å²) in [5, 5.41) is 1.00. The van der Waals surface area contributed by atoms with Crippen LogP contribution in [0.4, 0.5) is 0 Å². The third-order valence-corrected chi connectivity index (χ3v) is 4.07. The zero-order valence-electron chi connectivity index (χ0n) is 18.1. The number of allylic oxidation sites excluding steroid dienone is 6. The predicted molar refractivity (Wildman–Crippen MR) is 130 cm³/mol. The number of hydrogen-bond donors (Lipinski definition) is 0. The minimum absolute atomic E-state index is 0.171. The average Bonchev–Trinajstić information content (AvgIpc) is 2.60. The Morgan fingerprint density at radius 3 is 2.04 bits per heavy atom. The van der Waals surface area contributed by atoms with Crippen LogP contribution in [0.25, 0.3) is 5.57 Å². The van der Waals surface area contributed by atoms with Gasteiger partial charge in [0.05, 0.1) is 11.7 Å². The van der Waals surface area contributed by atoms with Gasteiger partial charge in [-0.05, 0) is 60.1 Å². The van der Waals surface area contributed by atoms with E-state index in [1.165, 1.54) is 5.56 Å². The first kappa shape index (κ1) is 26.1. The molecule has 0 saturated heterocycles. The average molecular weight is 419 g/mol. The van der Waals surface area contributed by atoms with Crippen LogP contribution < -0.4 is 0 Å². The first-order valence-electron chi connectivity index (χ1n) is 9.26. The van der Waals surface area contributed by atoms with Crippen LogP contribution in [0.2, 0.25) is 0 Å². The van der Waals surface area contributed by atoms with Crippen LogP contribution in [0.5, 0.6) is 0 Å². The van der Waals surface area contributed by atoms with Crippen molar-refractivity contribution in [3.8, 4) is 0 Å². The minimum atomic E-state index is -0.171. The van der Waals surface area contributed by atoms with Gasteiger partial charge in [-0.1, -0.05) is 70.8 Å². The highest BCUT2D eigenvalue weighted by molar-refractivity contribution is 6.77. The first-order chi connectivity index (χ1) is 13.2. The van der Waals surface area contributed by atoms with Crippen molar-refractivity contribution >= 4 is 40.2 Å². The number of halogens is 2. The summed E-state index contributed by atoms with van der Waals surface area (Å²) >= 11 is 12.8. The number of aryl methyl sites for hydroxylation is 1. The number of rotatable bonds is 6. The van der Waals surface area contributed by atoms with E-state index in [2.05, 4.69) is 16.6 Å². The van der Waals surface area contributed by atoms with Gasteiger partial charge in [0.1, 0.15) is 5.17 Å². The molecular weight excluding hydrogens is 387 g/mol. The second kappa shape index (κ2) is 14.1. The fraction of sp³-hybridized carbons (Fsp3) is 0.333. The van der Waals surface area contributed by atoms with Crippen molar-refractivity contribution in [2.45, 2.75) is 54.5 Å². The van der Waals surface area contributed by atoms with E-state index in [1.807, 2.05) is 84.9 Å². The zero-order valence-corrected chi connectivity index (χ0v) is 19.6. The van der Waals surface area contributed by atoms with Crippen LogP contribution in [-0.2, 0) is 0 Å². The SMILES string of the molecule is C/C=C\C=NC(=C(C)C)C(C)N=C(Cl)/C(=C(\C)Cl)c1ccc(C)cc1.C=CC. The molecule has 0 aliphatic carbocycles. The summed E-state index contributed by atoms with van der Waals surface area (Å²) in [4.78, 5) is 9.15. The van der Waals surface area contributed by atoms with Gasteiger partial charge in [0.2, 0.25) is 0 Å². The minimum Gasteiger partial charge on any atom is -0.263 e. The summed E-state index contributed by atoms with van der Waals surface area (Å²) in [6.07, 6.45) is 7.34. The smallest absolute Gasteiger partial charge is 0.133 e. The normalized spacial score (nSPS) is 13.7. The third-order valence-electron chi connectivity index (χ3n) is 3.60. The lowest BCUT2D eigenvalue weighted by molar-refractivity contribution is 0.838. The standard InChI is InChI=1S/C21H26Cl2N2.C3H6/c1-7-8-13-24-20(14(2)3)17(6)25-21(23)19(16(5)22)18-11-9-15(4)10-12-18;1-3-2/h7-13,17H,1-6H3;3H,1H2,2H3/b8-7-,19-16+,24-13?,25-21?;. The maximum atomic E-state index is 6.54. The predicted octanol–water partition coefficient (Wildman–Crippen LogP) is 8.12. The quantitative estimate of drug-likeness (QED) is 0.328. The topological polar surface area (TPSA) is 24.7 Å². The fourth-order valence-corrected chi connectivity index (χ4v) is 2.98. The monoisotopic (exact) mass is 418 g/mol. The molecule has 2 nitrogen and oxygen atoms in total. The highest BCUT2D eigenvalue weighted by Crippen LogP contribution is 2.26. The molecule has 152 valence electrons. The molecule has 0 aliphatic heterocycles. The van der Waals surface area contributed by atoms with E-state index in [1.54, 1.807) is 12.3 Å². The van der Waals surface area contributed by atoms with Gasteiger partial charge >= 0.3 is 0 Å². The van der Waals surface area contributed by atoms with Crippen molar-refractivity contribution in [1.29, 1.82) is 0 Å². The second-order valence-corrected chi connectivity index (χ2v) is 7.39. The third kappa shape index (κ3) is 9.34. The Bertz CT molecular complexity index is 771. The highest BCUT2D eigenvalue weighted by Gasteiger charge is 2.14. The summed E-state index contributed by atoms with van der Waals surface area (Å²) in [5.41, 5.74) is 4.88. The molecule has 1 rings (SSSR count). The molecular formula is C24H32Cl2N2. The van der Waals surface area contributed by atoms with Crippen LogP contribution in [0.1, 0.15) is 52.7 Å². The summed E-state index contributed by atoms with van der Waals surface area (Å²) in [5.74, 6) is 0. The highest BCUT2D eigenvalue weighted by atomic mass is 35.5. The molecule has 1 unspecified atom stereocenters.